The van der Waals surface area contributed by atoms with Crippen LogP contribution in [-0.4, -0.2) is 30.3 Å². The van der Waals surface area contributed by atoms with Gasteiger partial charge in [-0.25, -0.2) is 15.0 Å². The van der Waals surface area contributed by atoms with Gasteiger partial charge in [0.1, 0.15) is 12.7 Å². The summed E-state index contributed by atoms with van der Waals surface area (Å²) in [6.07, 6.45) is 2.60. The Morgan fingerprint density at radius 1 is 1.07 bits per heavy atom. The molecule has 2 aromatic carbocycles. The number of benzene rings is 2. The molecule has 0 aliphatic carbocycles. The summed E-state index contributed by atoms with van der Waals surface area (Å²) in [5.74, 6) is -0.661. The van der Waals surface area contributed by atoms with E-state index in [-0.39, 0.29) is 11.6 Å². The molecule has 0 atom stereocenters. The maximum Gasteiger partial charge on any atom is 0.355 e. The lowest BCUT2D eigenvalue weighted by molar-refractivity contribution is -0.384. The van der Waals surface area contributed by atoms with Gasteiger partial charge >= 0.3 is 5.69 Å². The third kappa shape index (κ3) is 3.56. The minimum atomic E-state index is -0.624. The number of amides is 1. The van der Waals surface area contributed by atoms with Gasteiger partial charge in [0.2, 0.25) is 11.6 Å². The number of carbonyl (C=O) groups is 1. The topological polar surface area (TPSA) is 128 Å². The first-order chi connectivity index (χ1) is 14.0. The Hall–Kier alpha value is -4.05. The molecule has 0 saturated carbocycles. The molecule has 0 bridgehead atoms. The maximum absolute atomic E-state index is 12.3. The molecule has 0 saturated heterocycles. The third-order valence-corrected chi connectivity index (χ3v) is 4.32. The second-order valence-corrected chi connectivity index (χ2v) is 6.28. The SMILES string of the molecule is O=C(NNc1ncnc(-n2cnc3ccccc32)c1[N+](=O)[O-])c1ccc(Cl)cc1. The Bertz CT molecular complexity index is 1220. The summed E-state index contributed by atoms with van der Waals surface area (Å²) in [5.41, 5.74) is 6.10. The number of carbonyl (C=O) groups excluding carboxylic acids is 1. The van der Waals surface area contributed by atoms with Gasteiger partial charge in [-0.15, -0.1) is 0 Å². The van der Waals surface area contributed by atoms with Crippen LogP contribution in [0.15, 0.2) is 61.2 Å². The summed E-state index contributed by atoms with van der Waals surface area (Å²) in [5, 5.41) is 12.2. The van der Waals surface area contributed by atoms with Crippen LogP contribution >= 0.6 is 11.6 Å². The van der Waals surface area contributed by atoms with Crippen LogP contribution in [0.4, 0.5) is 11.5 Å². The fourth-order valence-electron chi connectivity index (χ4n) is 2.72. The molecule has 144 valence electrons. The van der Waals surface area contributed by atoms with Crippen LogP contribution in [0.1, 0.15) is 10.4 Å². The first-order valence-corrected chi connectivity index (χ1v) is 8.66. The van der Waals surface area contributed by atoms with Gasteiger partial charge in [0, 0.05) is 10.6 Å². The molecule has 0 radical (unpaired) electrons. The van der Waals surface area contributed by atoms with Gasteiger partial charge in [0.05, 0.1) is 16.0 Å². The average Bonchev–Trinajstić information content (AvgIpc) is 3.16. The van der Waals surface area contributed by atoms with Crippen molar-refractivity contribution >= 4 is 40.0 Å². The Balaban J connectivity index is 1.68. The lowest BCUT2D eigenvalue weighted by Gasteiger charge is -2.10. The fraction of sp³-hybridized carbons (Fsp3) is 0. The summed E-state index contributed by atoms with van der Waals surface area (Å²) in [6, 6.07) is 13.3. The predicted molar refractivity (Wildman–Crippen MR) is 106 cm³/mol. The van der Waals surface area contributed by atoms with E-state index in [1.807, 2.05) is 6.07 Å². The number of para-hydroxylation sites is 2. The first kappa shape index (κ1) is 18.3. The number of imidazole rings is 1. The van der Waals surface area contributed by atoms with E-state index in [9.17, 15) is 14.9 Å². The van der Waals surface area contributed by atoms with Gasteiger partial charge < -0.3 is 0 Å². The quantitative estimate of drug-likeness (QED) is 0.382. The highest BCUT2D eigenvalue weighted by Crippen LogP contribution is 2.29. The Morgan fingerprint density at radius 3 is 2.59 bits per heavy atom. The van der Waals surface area contributed by atoms with Crippen molar-refractivity contribution in [3.05, 3.63) is 81.9 Å². The van der Waals surface area contributed by atoms with Crippen LogP contribution in [-0.2, 0) is 0 Å². The molecule has 2 aromatic heterocycles. The molecule has 1 amide bonds. The summed E-state index contributed by atoms with van der Waals surface area (Å²) in [6.45, 7) is 0. The van der Waals surface area contributed by atoms with E-state index in [0.717, 1.165) is 6.33 Å². The Morgan fingerprint density at radius 2 is 1.83 bits per heavy atom. The van der Waals surface area contributed by atoms with Crippen molar-refractivity contribution in [3.63, 3.8) is 0 Å². The van der Waals surface area contributed by atoms with E-state index in [0.29, 0.717) is 21.6 Å². The van der Waals surface area contributed by atoms with E-state index in [4.69, 9.17) is 11.6 Å². The Labute approximate surface area is 168 Å². The van der Waals surface area contributed by atoms with Gasteiger partial charge in [-0.3, -0.25) is 30.3 Å². The maximum atomic E-state index is 12.3. The van der Waals surface area contributed by atoms with Crippen LogP contribution in [0.3, 0.4) is 0 Å². The normalized spacial score (nSPS) is 10.7. The Kier molecular flexibility index (Phi) is 4.75. The number of nitro groups is 1. The monoisotopic (exact) mass is 409 g/mol. The number of nitrogens with zero attached hydrogens (tertiary/aromatic N) is 5. The molecule has 4 aromatic rings. The highest BCUT2D eigenvalue weighted by molar-refractivity contribution is 6.30. The number of hydrogen-bond acceptors (Lipinski definition) is 7. The highest BCUT2D eigenvalue weighted by Gasteiger charge is 2.25. The molecule has 0 aliphatic heterocycles. The van der Waals surface area contributed by atoms with Crippen molar-refractivity contribution in [2.45, 2.75) is 0 Å². The van der Waals surface area contributed by atoms with Crippen molar-refractivity contribution in [2.75, 3.05) is 5.43 Å². The van der Waals surface area contributed by atoms with E-state index in [1.165, 1.54) is 23.0 Å². The molecule has 10 nitrogen and oxygen atoms in total. The number of fused-ring (bicyclic) bond motifs is 1. The number of rotatable bonds is 5. The summed E-state index contributed by atoms with van der Waals surface area (Å²) in [7, 11) is 0. The molecule has 0 spiro atoms. The number of nitrogens with one attached hydrogen (secondary N) is 2. The predicted octanol–water partition coefficient (Wildman–Crippen LogP) is 3.13. The first-order valence-electron chi connectivity index (χ1n) is 8.28. The van der Waals surface area contributed by atoms with E-state index in [2.05, 4.69) is 25.8 Å². The minimum Gasteiger partial charge on any atom is -0.277 e. The molecule has 0 fully saturated rings. The molecule has 2 N–H and O–H groups in total. The fourth-order valence-corrected chi connectivity index (χ4v) is 2.85. The van der Waals surface area contributed by atoms with Crippen LogP contribution < -0.4 is 10.9 Å². The molecule has 0 unspecified atom stereocenters. The van der Waals surface area contributed by atoms with Crippen molar-refractivity contribution in [1.29, 1.82) is 0 Å². The van der Waals surface area contributed by atoms with Gasteiger partial charge in [-0.1, -0.05) is 23.7 Å². The average molecular weight is 410 g/mol. The van der Waals surface area contributed by atoms with Crippen LogP contribution in [0, 0.1) is 10.1 Å². The van der Waals surface area contributed by atoms with Crippen molar-refractivity contribution < 1.29 is 9.72 Å². The second kappa shape index (κ2) is 7.52. The van der Waals surface area contributed by atoms with E-state index in [1.54, 1.807) is 30.3 Å². The largest absolute Gasteiger partial charge is 0.355 e. The van der Waals surface area contributed by atoms with Crippen molar-refractivity contribution in [2.24, 2.45) is 0 Å². The molecule has 29 heavy (non-hydrogen) atoms. The van der Waals surface area contributed by atoms with Gasteiger partial charge in [-0.05, 0) is 36.4 Å². The molecule has 11 heteroatoms. The molecule has 4 rings (SSSR count). The standard InChI is InChI=1S/C18H12ClN7O3/c19-12-7-5-11(6-8-12)18(27)24-23-16-15(26(28)29)17(21-9-20-16)25-10-22-13-3-1-2-4-14(13)25/h1-10H,(H,24,27)(H,20,21,23). The van der Waals surface area contributed by atoms with Crippen LogP contribution in [0.5, 0.6) is 0 Å². The van der Waals surface area contributed by atoms with Crippen LogP contribution in [0.2, 0.25) is 5.02 Å². The zero-order chi connectivity index (χ0) is 20.4. The minimum absolute atomic E-state index is 0.0157. The number of hydrogen-bond donors (Lipinski definition) is 2. The van der Waals surface area contributed by atoms with Crippen molar-refractivity contribution in [3.8, 4) is 5.82 Å². The second-order valence-electron chi connectivity index (χ2n) is 5.84. The van der Waals surface area contributed by atoms with Gasteiger partial charge in [0.15, 0.2) is 0 Å². The summed E-state index contributed by atoms with van der Waals surface area (Å²) >= 11 is 5.81. The molecular formula is C18H12ClN7O3. The zero-order valence-electron chi connectivity index (χ0n) is 14.6. The lowest BCUT2D eigenvalue weighted by atomic mass is 10.2. The summed E-state index contributed by atoms with van der Waals surface area (Å²) in [4.78, 5) is 35.6. The molecule has 2 heterocycles. The zero-order valence-corrected chi connectivity index (χ0v) is 15.4. The smallest absolute Gasteiger partial charge is 0.277 e. The van der Waals surface area contributed by atoms with Crippen molar-refractivity contribution in [1.82, 2.24) is 24.9 Å². The molecule has 0 aliphatic rings. The number of hydrazine groups is 1. The number of halogens is 1. The third-order valence-electron chi connectivity index (χ3n) is 4.07. The van der Waals surface area contributed by atoms with Gasteiger partial charge in [-0.2, -0.15) is 0 Å². The number of anilines is 1. The highest BCUT2D eigenvalue weighted by atomic mass is 35.5. The lowest BCUT2D eigenvalue weighted by Crippen LogP contribution is -2.30. The number of aromatic nitrogens is 4. The molecular weight excluding hydrogens is 398 g/mol. The van der Waals surface area contributed by atoms with E-state index < -0.39 is 16.5 Å². The van der Waals surface area contributed by atoms with Crippen LogP contribution in [0.25, 0.3) is 16.9 Å². The summed E-state index contributed by atoms with van der Waals surface area (Å²) < 4.78 is 1.49. The van der Waals surface area contributed by atoms with E-state index >= 15 is 0 Å². The van der Waals surface area contributed by atoms with Gasteiger partial charge in [0.25, 0.3) is 5.91 Å².